The van der Waals surface area contributed by atoms with Crippen LogP contribution in [-0.4, -0.2) is 121 Å². The molecule has 0 saturated carbocycles. The van der Waals surface area contributed by atoms with E-state index in [0.717, 1.165) is 25.8 Å². The van der Waals surface area contributed by atoms with Gasteiger partial charge in [0, 0.05) is 107 Å². The minimum atomic E-state index is -0.759. The van der Waals surface area contributed by atoms with Gasteiger partial charge < -0.3 is 42.8 Å². The summed E-state index contributed by atoms with van der Waals surface area (Å²) in [5, 5.41) is 2.30. The molecule has 0 bridgehead atoms. The fourth-order valence-corrected chi connectivity index (χ4v) is 10.8. The van der Waals surface area contributed by atoms with E-state index in [2.05, 4.69) is 141 Å². The second-order valence-electron chi connectivity index (χ2n) is 16.2. The largest absolute Gasteiger partial charge is 0.497 e. The summed E-state index contributed by atoms with van der Waals surface area (Å²) in [5.74, 6) is 0.103. The minimum Gasteiger partial charge on any atom is -0.497 e. The second kappa shape index (κ2) is 40.4. The molecule has 1 aliphatic heterocycles. The van der Waals surface area contributed by atoms with Crippen LogP contribution in [0.25, 0.3) is 0 Å². The van der Waals surface area contributed by atoms with Crippen LogP contribution >= 0.6 is 181 Å². The van der Waals surface area contributed by atoms with E-state index in [1.807, 2.05) is 12.1 Å². The molecule has 0 N–H and O–H groups in total. The highest BCUT2D eigenvalue weighted by Crippen LogP contribution is 2.37. The fraction of sp³-hybridized carbons (Fsp3) is 0.255. The van der Waals surface area contributed by atoms with Gasteiger partial charge >= 0.3 is 11.9 Å². The standard InChI is InChI=1S/C16H14BrClN2O3.C11H13BrClNO4.C9H7BrClNO3.C8H9BrClNO2.C6H3BrClNO.C5H2Br2ClN/c1-22-10-4-3-9(13(5-10)23-2)7-20-8-11-14(16(20)21)12(18)6-19-15(11)17;1-4-18-10(15)7-6(13)5-14-9(12)8(7)11(16-2)17-3;1-2-15-9(14)7-5(4-13)8(10)12-3-6(7)11;1-12-8(13-2)6-3-5(10)4-11-7(6)9;7-6-4(3-10)1-5(8)2-9-6;6-4-1-3(8)2-9-5(4)7/h3-6H,7-8H2,1-2H3;5,11H,4H2,1-3H3;3-4H,2H2,1H3;3-4,8H,1-2H3;1-3H;1-2H. The summed E-state index contributed by atoms with van der Waals surface area (Å²) in [4.78, 5) is 82.5. The number of halogens is 13. The van der Waals surface area contributed by atoms with Gasteiger partial charge in [-0.2, -0.15) is 0 Å². The molecular formula is C55H48Br7Cl6N7O13. The lowest BCUT2D eigenvalue weighted by atomic mass is 10.1. The molecule has 7 aromatic rings. The lowest BCUT2D eigenvalue weighted by Gasteiger charge is -2.18. The minimum absolute atomic E-state index is 0.0374. The quantitative estimate of drug-likeness (QED) is 0.0378. The van der Waals surface area contributed by atoms with Gasteiger partial charge in [-0.3, -0.25) is 14.4 Å². The molecule has 0 aliphatic carbocycles. The number of fused-ring (bicyclic) bond motifs is 1. The summed E-state index contributed by atoms with van der Waals surface area (Å²) in [7, 11) is 9.22. The Bertz CT molecular complexity index is 3550. The van der Waals surface area contributed by atoms with Crippen molar-refractivity contribution < 1.29 is 61.9 Å². The van der Waals surface area contributed by atoms with Gasteiger partial charge in [0.05, 0.1) is 89.9 Å². The van der Waals surface area contributed by atoms with Crippen molar-refractivity contribution in [3.8, 4) is 11.5 Å². The summed E-state index contributed by atoms with van der Waals surface area (Å²) < 4.78 is 44.9. The maximum absolute atomic E-state index is 12.6. The summed E-state index contributed by atoms with van der Waals surface area (Å²) in [5.41, 5.74) is 4.20. The highest BCUT2D eigenvalue weighted by Gasteiger charge is 2.33. The zero-order valence-corrected chi connectivity index (χ0v) is 62.6. The molecule has 0 radical (unpaired) electrons. The van der Waals surface area contributed by atoms with Crippen molar-refractivity contribution in [1.29, 1.82) is 0 Å². The van der Waals surface area contributed by atoms with E-state index in [4.69, 9.17) is 108 Å². The SMILES string of the molecule is CCOC(=O)c1c(Cl)cnc(Br)c1C(OC)OC.CCOC(=O)c1c(Cl)cnc(Br)c1C=O.COC(OC)c1cc(Cl)cnc1Br.COc1ccc(CN2Cc3c(Br)ncc(Cl)c3C2=O)c(OC)c1.Clc1cnc(Br)c(Br)c1.O=Cc1cc(Cl)cnc1Br. The van der Waals surface area contributed by atoms with Crippen molar-refractivity contribution in [2.24, 2.45) is 0 Å². The molecule has 472 valence electrons. The van der Waals surface area contributed by atoms with E-state index in [1.54, 1.807) is 83.8 Å². The Labute approximate surface area is 594 Å². The van der Waals surface area contributed by atoms with E-state index in [-0.39, 0.29) is 50.5 Å². The van der Waals surface area contributed by atoms with Crippen molar-refractivity contribution in [3.05, 3.63) is 186 Å². The highest BCUT2D eigenvalue weighted by atomic mass is 79.9. The van der Waals surface area contributed by atoms with Crippen LogP contribution in [0.1, 0.15) is 100 Å². The number of pyridine rings is 6. The van der Waals surface area contributed by atoms with Gasteiger partial charge in [0.15, 0.2) is 25.2 Å². The average Bonchev–Trinajstić information content (AvgIpc) is 1.75. The number of hydrogen-bond donors (Lipinski definition) is 0. The monoisotopic (exact) mass is 1780 g/mol. The first-order valence-electron chi connectivity index (χ1n) is 24.3. The van der Waals surface area contributed by atoms with Crippen LogP contribution in [0.4, 0.5) is 0 Å². The Morgan fingerprint density at radius 3 is 1.57 bits per heavy atom. The summed E-state index contributed by atoms with van der Waals surface area (Å²) in [6, 6.07) is 10.6. The number of methoxy groups -OCH3 is 6. The summed E-state index contributed by atoms with van der Waals surface area (Å²) in [6.45, 7) is 4.72. The molecule has 0 atom stereocenters. The molecule has 6 aromatic heterocycles. The van der Waals surface area contributed by atoms with Gasteiger partial charge in [-0.05, 0) is 156 Å². The second-order valence-corrected chi connectivity index (χ2v) is 24.1. The normalized spacial score (nSPS) is 11.0. The summed E-state index contributed by atoms with van der Waals surface area (Å²) in [6.07, 6.45) is 8.74. The van der Waals surface area contributed by atoms with Crippen LogP contribution in [0.5, 0.6) is 11.5 Å². The molecule has 33 heteroatoms. The van der Waals surface area contributed by atoms with Crippen molar-refractivity contribution in [2.75, 3.05) is 55.9 Å². The number of hydrogen-bond acceptors (Lipinski definition) is 19. The van der Waals surface area contributed by atoms with Gasteiger partial charge in [-0.1, -0.05) is 69.6 Å². The molecule has 8 rings (SSSR count). The number of aldehydes is 2. The number of ether oxygens (including phenoxy) is 8. The number of benzene rings is 1. The van der Waals surface area contributed by atoms with Crippen LogP contribution in [-0.2, 0) is 41.5 Å². The number of carbonyl (C=O) groups is 5. The molecule has 7 heterocycles. The van der Waals surface area contributed by atoms with E-state index in [0.29, 0.717) is 92.4 Å². The number of nitrogens with zero attached hydrogens (tertiary/aromatic N) is 7. The number of esters is 2. The predicted molar refractivity (Wildman–Crippen MR) is 359 cm³/mol. The first kappa shape index (κ1) is 78.7. The molecule has 0 saturated heterocycles. The Hall–Kier alpha value is -3.59. The topological polar surface area (TPSA) is 240 Å². The van der Waals surface area contributed by atoms with Crippen molar-refractivity contribution >= 4 is 212 Å². The van der Waals surface area contributed by atoms with Crippen LogP contribution in [0.15, 0.2) is 106 Å². The Kier molecular flexibility index (Phi) is 36.1. The zero-order chi connectivity index (χ0) is 65.9. The van der Waals surface area contributed by atoms with Gasteiger partial charge in [0.25, 0.3) is 5.91 Å². The lowest BCUT2D eigenvalue weighted by Crippen LogP contribution is -2.23. The first-order valence-corrected chi connectivity index (χ1v) is 32.1. The maximum atomic E-state index is 12.6. The van der Waals surface area contributed by atoms with Gasteiger partial charge in [0.2, 0.25) is 0 Å². The third-order valence-corrected chi connectivity index (χ3v) is 17.3. The van der Waals surface area contributed by atoms with Gasteiger partial charge in [0.1, 0.15) is 39.1 Å². The Morgan fingerprint density at radius 1 is 0.568 bits per heavy atom. The first-order chi connectivity index (χ1) is 41.8. The molecule has 1 aromatic carbocycles. The van der Waals surface area contributed by atoms with Crippen molar-refractivity contribution in [3.63, 3.8) is 0 Å². The van der Waals surface area contributed by atoms with E-state index < -0.39 is 24.5 Å². The molecule has 0 fully saturated rings. The number of amides is 1. The van der Waals surface area contributed by atoms with Crippen LogP contribution in [0.3, 0.4) is 0 Å². The van der Waals surface area contributed by atoms with Crippen LogP contribution < -0.4 is 9.47 Å². The van der Waals surface area contributed by atoms with E-state index in [1.165, 1.54) is 39.0 Å². The maximum Gasteiger partial charge on any atom is 0.340 e. The third kappa shape index (κ3) is 23.2. The van der Waals surface area contributed by atoms with Crippen molar-refractivity contribution in [2.45, 2.75) is 39.5 Å². The van der Waals surface area contributed by atoms with Gasteiger partial charge in [-0.25, -0.2) is 39.5 Å². The van der Waals surface area contributed by atoms with Crippen LogP contribution in [0, 0.1) is 0 Å². The molecule has 0 spiro atoms. The zero-order valence-electron chi connectivity index (χ0n) is 46.9. The number of carbonyl (C=O) groups excluding carboxylic acids is 5. The highest BCUT2D eigenvalue weighted by molar-refractivity contribution is 9.13. The molecule has 20 nitrogen and oxygen atoms in total. The number of aromatic nitrogens is 6. The van der Waals surface area contributed by atoms with E-state index >= 15 is 0 Å². The predicted octanol–water partition coefficient (Wildman–Crippen LogP) is 17.5. The Morgan fingerprint density at radius 2 is 1.07 bits per heavy atom. The number of rotatable bonds is 16. The fourth-order valence-electron chi connectivity index (χ4n) is 6.92. The summed E-state index contributed by atoms with van der Waals surface area (Å²) >= 11 is 57.3. The Balaban J connectivity index is 0.000000284. The molecule has 1 aliphatic rings. The average molecular weight is 1790 g/mol. The molecule has 88 heavy (non-hydrogen) atoms. The molecular weight excluding hydrogens is 1740 g/mol. The smallest absolute Gasteiger partial charge is 0.340 e. The van der Waals surface area contributed by atoms with Crippen LogP contribution in [0.2, 0.25) is 30.1 Å². The van der Waals surface area contributed by atoms with E-state index in [9.17, 15) is 24.0 Å². The van der Waals surface area contributed by atoms with Crippen molar-refractivity contribution in [1.82, 2.24) is 34.8 Å². The molecule has 1 amide bonds. The van der Waals surface area contributed by atoms with Gasteiger partial charge in [-0.15, -0.1) is 0 Å². The third-order valence-electron chi connectivity index (χ3n) is 10.8. The lowest BCUT2D eigenvalue weighted by molar-refractivity contribution is -0.107. The molecule has 0 unspecified atom stereocenters.